The molecule has 0 aliphatic carbocycles. The second-order valence-corrected chi connectivity index (χ2v) is 7.95. The van der Waals surface area contributed by atoms with Crippen molar-refractivity contribution in [1.29, 1.82) is 0 Å². The highest BCUT2D eigenvalue weighted by Crippen LogP contribution is 2.55. The molecule has 0 saturated heterocycles. The SMILES string of the molecule is CCOC(=O)c1cc2c(c3c1op(O)oc1c(C(=O)OCC)cc4c(c13)OC(F)(F)O4)OC(F)(F)O2. The molecule has 2 aliphatic rings. The number of alkyl halides is 4. The molecular weight excluding hydrogens is 523 g/mol. The Morgan fingerprint density at radius 1 is 0.806 bits per heavy atom. The average molecular weight is 536 g/mol. The van der Waals surface area contributed by atoms with Crippen LogP contribution in [0.25, 0.3) is 21.9 Å². The molecule has 0 fully saturated rings. The third-order valence-corrected chi connectivity index (χ3v) is 5.55. The second-order valence-electron chi connectivity index (χ2n) is 7.11. The van der Waals surface area contributed by atoms with E-state index in [1.54, 1.807) is 0 Å². The van der Waals surface area contributed by atoms with Crippen LogP contribution >= 0.6 is 8.24 Å². The van der Waals surface area contributed by atoms with Crippen molar-refractivity contribution >= 4 is 42.1 Å². The van der Waals surface area contributed by atoms with Gasteiger partial charge in [-0.3, -0.25) is 4.89 Å². The first-order chi connectivity index (χ1) is 16.9. The van der Waals surface area contributed by atoms with Crippen LogP contribution in [0.1, 0.15) is 34.6 Å². The molecule has 3 aromatic rings. The zero-order chi connectivity index (χ0) is 26.0. The molecule has 1 N–H and O–H groups in total. The van der Waals surface area contributed by atoms with Crippen LogP contribution in [0.15, 0.2) is 20.5 Å². The van der Waals surface area contributed by atoms with E-state index in [1.807, 2.05) is 0 Å². The van der Waals surface area contributed by atoms with Crippen LogP contribution < -0.4 is 18.9 Å². The van der Waals surface area contributed by atoms with Gasteiger partial charge in [0.2, 0.25) is 0 Å². The maximum atomic E-state index is 14.1. The molecular formula is C20H13F4O11P. The van der Waals surface area contributed by atoms with Gasteiger partial charge in [0, 0.05) is 12.1 Å². The Balaban J connectivity index is 2.03. The van der Waals surface area contributed by atoms with Gasteiger partial charge in [0.25, 0.3) is 0 Å². The van der Waals surface area contributed by atoms with Crippen molar-refractivity contribution in [3.8, 4) is 23.0 Å². The van der Waals surface area contributed by atoms with Crippen molar-refractivity contribution in [2.45, 2.75) is 26.4 Å². The van der Waals surface area contributed by atoms with E-state index in [9.17, 15) is 32.0 Å². The standard InChI is InChI=1S/C20H13F4O11P/c1-3-28-17(25)7-5-9-15(32-19(21,22)30-9)11-12-14(35-36(27)34-13(7)11)8(18(26)29-4-2)6-10-16(12)33-20(23,24)31-10/h5-6,27H,3-4H2,1-2H3. The highest BCUT2D eigenvalue weighted by molar-refractivity contribution is 7.30. The molecule has 2 aliphatic heterocycles. The zero-order valence-electron chi connectivity index (χ0n) is 18.1. The highest BCUT2D eigenvalue weighted by Gasteiger charge is 2.49. The molecule has 192 valence electrons. The lowest BCUT2D eigenvalue weighted by molar-refractivity contribution is -0.287. The number of hydrogen-bond acceptors (Lipinski definition) is 11. The number of esters is 2. The fourth-order valence-electron chi connectivity index (χ4n) is 3.68. The number of carbonyl (C=O) groups excluding carboxylic acids is 2. The van der Waals surface area contributed by atoms with Gasteiger partial charge in [-0.1, -0.05) is 0 Å². The molecule has 0 bridgehead atoms. The van der Waals surface area contributed by atoms with Crippen LogP contribution in [0, 0.1) is 0 Å². The maximum absolute atomic E-state index is 14.1. The lowest BCUT2D eigenvalue weighted by Gasteiger charge is -2.09. The van der Waals surface area contributed by atoms with Crippen molar-refractivity contribution in [2.75, 3.05) is 13.2 Å². The third-order valence-electron chi connectivity index (χ3n) is 4.87. The smallest absolute Gasteiger partial charge is 0.462 e. The van der Waals surface area contributed by atoms with E-state index in [4.69, 9.17) is 17.9 Å². The van der Waals surface area contributed by atoms with Gasteiger partial charge in [-0.05, 0) is 13.8 Å². The van der Waals surface area contributed by atoms with E-state index in [2.05, 4.69) is 18.9 Å². The van der Waals surface area contributed by atoms with Gasteiger partial charge in [0.05, 0.1) is 24.0 Å². The lowest BCUT2D eigenvalue weighted by Crippen LogP contribution is -2.26. The summed E-state index contributed by atoms with van der Waals surface area (Å²) in [4.78, 5) is 35.7. The fraction of sp³-hybridized carbons (Fsp3) is 0.300. The van der Waals surface area contributed by atoms with Gasteiger partial charge in [-0.25, -0.2) is 9.59 Å². The van der Waals surface area contributed by atoms with Crippen LogP contribution in [0.4, 0.5) is 17.6 Å². The van der Waals surface area contributed by atoms with Crippen LogP contribution in [-0.4, -0.2) is 42.6 Å². The van der Waals surface area contributed by atoms with Crippen LogP contribution in [0.3, 0.4) is 0 Å². The summed E-state index contributed by atoms with van der Waals surface area (Å²) in [6.45, 7) is 2.62. The molecule has 1 aromatic heterocycles. The average Bonchev–Trinajstić information content (AvgIpc) is 3.20. The predicted octanol–water partition coefficient (Wildman–Crippen LogP) is 5.04. The van der Waals surface area contributed by atoms with Gasteiger partial charge in [0.1, 0.15) is 11.1 Å². The minimum absolute atomic E-state index is 0.148. The van der Waals surface area contributed by atoms with Gasteiger partial charge in [-0.15, -0.1) is 17.6 Å². The second kappa shape index (κ2) is 8.10. The number of ether oxygens (including phenoxy) is 6. The molecule has 0 saturated carbocycles. The fourth-order valence-corrected chi connectivity index (χ4v) is 4.40. The summed E-state index contributed by atoms with van der Waals surface area (Å²) in [6, 6.07) is 1.59. The maximum Gasteiger partial charge on any atom is 0.586 e. The third kappa shape index (κ3) is 3.80. The number of rotatable bonds is 4. The summed E-state index contributed by atoms with van der Waals surface area (Å²) in [5.74, 6) is -5.21. The molecule has 0 unspecified atom stereocenters. The van der Waals surface area contributed by atoms with E-state index in [-0.39, 0.29) is 13.2 Å². The molecule has 5 rings (SSSR count). The predicted molar refractivity (Wildman–Crippen MR) is 108 cm³/mol. The van der Waals surface area contributed by atoms with Crippen LogP contribution in [-0.2, 0) is 9.47 Å². The van der Waals surface area contributed by atoms with Crippen molar-refractivity contribution in [3.63, 3.8) is 0 Å². The van der Waals surface area contributed by atoms with Gasteiger partial charge in [0.15, 0.2) is 34.2 Å². The molecule has 0 atom stereocenters. The van der Waals surface area contributed by atoms with Crippen molar-refractivity contribution in [2.24, 2.45) is 0 Å². The summed E-state index contributed by atoms with van der Waals surface area (Å²) in [5.41, 5.74) is -2.40. The Hall–Kier alpha value is -3.84. The number of halogens is 4. The van der Waals surface area contributed by atoms with E-state index < -0.39 is 88.8 Å². The summed E-state index contributed by atoms with van der Waals surface area (Å²) >= 11 is 0. The number of benzene rings is 2. The van der Waals surface area contributed by atoms with Gasteiger partial charge in [-0.2, -0.15) is 0 Å². The topological polar surface area (TPSA) is 136 Å². The quantitative estimate of drug-likeness (QED) is 0.355. The molecule has 11 nitrogen and oxygen atoms in total. The minimum atomic E-state index is -4.25. The largest absolute Gasteiger partial charge is 0.586 e. The molecule has 0 amide bonds. The lowest BCUT2D eigenvalue weighted by atomic mass is 10.0. The Bertz CT molecular complexity index is 1380. The first-order valence-electron chi connectivity index (χ1n) is 10.1. The Kier molecular flexibility index (Phi) is 5.37. The molecule has 36 heavy (non-hydrogen) atoms. The van der Waals surface area contributed by atoms with Crippen molar-refractivity contribution < 1.29 is 68.9 Å². The normalized spacial score (nSPS) is 16.3. The molecule has 2 aromatic carbocycles. The van der Waals surface area contributed by atoms with Crippen LogP contribution in [0.2, 0.25) is 0 Å². The first-order valence-corrected chi connectivity index (χ1v) is 11.2. The molecule has 0 spiro atoms. The number of hydrogen-bond donors (Lipinski definition) is 1. The van der Waals surface area contributed by atoms with Crippen molar-refractivity contribution in [3.05, 3.63) is 23.3 Å². The van der Waals surface area contributed by atoms with E-state index in [0.29, 0.717) is 0 Å². The van der Waals surface area contributed by atoms with Crippen LogP contribution in [0.5, 0.6) is 23.0 Å². The molecule has 0 radical (unpaired) electrons. The Morgan fingerprint density at radius 3 is 1.56 bits per heavy atom. The minimum Gasteiger partial charge on any atom is -0.462 e. The van der Waals surface area contributed by atoms with E-state index >= 15 is 0 Å². The number of fused-ring (bicyclic) bond motifs is 7. The molecule has 16 heteroatoms. The number of carbonyl (C=O) groups is 2. The zero-order valence-corrected chi connectivity index (χ0v) is 19.0. The summed E-state index contributed by atoms with van der Waals surface area (Å²) in [6.07, 6.45) is -8.49. The van der Waals surface area contributed by atoms with Gasteiger partial charge >= 0.3 is 32.8 Å². The summed E-state index contributed by atoms with van der Waals surface area (Å²) < 4.78 is 95.0. The van der Waals surface area contributed by atoms with E-state index in [0.717, 1.165) is 12.1 Å². The Morgan fingerprint density at radius 2 is 1.19 bits per heavy atom. The first kappa shape index (κ1) is 23.9. The highest BCUT2D eigenvalue weighted by atomic mass is 31.1. The summed E-state index contributed by atoms with van der Waals surface area (Å²) in [5, 5.41) is -1.27. The van der Waals surface area contributed by atoms with Gasteiger partial charge < -0.3 is 36.8 Å². The van der Waals surface area contributed by atoms with E-state index in [1.165, 1.54) is 13.8 Å². The summed E-state index contributed by atoms with van der Waals surface area (Å²) in [7, 11) is -3.04. The van der Waals surface area contributed by atoms with Crippen molar-refractivity contribution in [1.82, 2.24) is 0 Å². The monoisotopic (exact) mass is 536 g/mol. The Labute approximate surface area is 197 Å². The molecule has 3 heterocycles.